The Morgan fingerprint density at radius 3 is 2.69 bits per heavy atom. The Morgan fingerprint density at radius 1 is 1.31 bits per heavy atom. The first kappa shape index (κ1) is 27.4. The van der Waals surface area contributed by atoms with Gasteiger partial charge in [0.15, 0.2) is 0 Å². The van der Waals surface area contributed by atoms with Crippen LogP contribution in [-0.4, -0.2) is 82.3 Å². The van der Waals surface area contributed by atoms with Gasteiger partial charge in [-0.2, -0.15) is 0 Å². The van der Waals surface area contributed by atoms with Crippen LogP contribution in [0.1, 0.15) is 65.7 Å². The lowest BCUT2D eigenvalue weighted by Gasteiger charge is -2.39. The van der Waals surface area contributed by atoms with Crippen molar-refractivity contribution in [3.05, 3.63) is 25.3 Å². The number of fused-ring (bicyclic) bond motifs is 1. The maximum Gasteiger partial charge on any atom is 0.312 e. The highest BCUT2D eigenvalue weighted by atomic mass is 16.6. The average molecular weight is 491 g/mol. The standard InChI is InChI=1S/C27H42N2O6/c1-6-9-10-18-34-25(33)21-20-23(31)29(16-11-17-30)22(27(20)14-13-26(21,5)35-27)24(32)28(15-8-3)19(4)12-7-2/h6,8,19-22,30H,1,3,7,9-18H2,2,4-5H3/t19?,20-,21-,22?,26+,27?/m0/s1. The van der Waals surface area contributed by atoms with Gasteiger partial charge in [-0.3, -0.25) is 14.4 Å². The summed E-state index contributed by atoms with van der Waals surface area (Å²) in [6.45, 7) is 14.2. The lowest BCUT2D eigenvalue weighted by Crippen LogP contribution is -2.58. The highest BCUT2D eigenvalue weighted by Gasteiger charge is 2.78. The van der Waals surface area contributed by atoms with Crippen molar-refractivity contribution in [2.24, 2.45) is 11.8 Å². The van der Waals surface area contributed by atoms with Gasteiger partial charge in [-0.15, -0.1) is 13.2 Å². The van der Waals surface area contributed by atoms with Gasteiger partial charge in [-0.1, -0.05) is 25.5 Å². The van der Waals surface area contributed by atoms with Gasteiger partial charge < -0.3 is 24.4 Å². The van der Waals surface area contributed by atoms with Gasteiger partial charge in [-0.25, -0.2) is 0 Å². The molecule has 2 bridgehead atoms. The van der Waals surface area contributed by atoms with Crippen molar-refractivity contribution in [2.45, 2.75) is 89.0 Å². The van der Waals surface area contributed by atoms with Gasteiger partial charge in [0.05, 0.1) is 18.1 Å². The van der Waals surface area contributed by atoms with Crippen LogP contribution in [-0.2, 0) is 23.9 Å². The summed E-state index contributed by atoms with van der Waals surface area (Å²) in [6.07, 6.45) is 8.06. The van der Waals surface area contributed by atoms with Gasteiger partial charge in [0.25, 0.3) is 0 Å². The number of ether oxygens (including phenoxy) is 2. The topological polar surface area (TPSA) is 96.4 Å². The van der Waals surface area contributed by atoms with Crippen LogP contribution in [0.3, 0.4) is 0 Å². The number of likely N-dealkylation sites (tertiary alicyclic amines) is 1. The van der Waals surface area contributed by atoms with Crippen LogP contribution in [0.5, 0.6) is 0 Å². The predicted octanol–water partition coefficient (Wildman–Crippen LogP) is 2.85. The second-order valence-corrected chi connectivity index (χ2v) is 10.4. The van der Waals surface area contributed by atoms with Crippen LogP contribution in [0.25, 0.3) is 0 Å². The Labute approximate surface area is 209 Å². The fraction of sp³-hybridized carbons (Fsp3) is 0.741. The van der Waals surface area contributed by atoms with Crippen LogP contribution in [0, 0.1) is 11.8 Å². The molecule has 3 unspecified atom stereocenters. The molecular formula is C27H42N2O6. The van der Waals surface area contributed by atoms with Crippen LogP contribution in [0.2, 0.25) is 0 Å². The molecule has 3 heterocycles. The number of hydrogen-bond donors (Lipinski definition) is 1. The molecule has 0 aromatic heterocycles. The molecule has 3 aliphatic rings. The van der Waals surface area contributed by atoms with Crippen LogP contribution >= 0.6 is 0 Å². The van der Waals surface area contributed by atoms with Crippen LogP contribution < -0.4 is 0 Å². The fourth-order valence-electron chi connectivity index (χ4n) is 6.39. The Bertz CT molecular complexity index is 830. The molecule has 6 atom stereocenters. The average Bonchev–Trinajstić information content (AvgIpc) is 3.39. The van der Waals surface area contributed by atoms with E-state index in [0.717, 1.165) is 19.3 Å². The smallest absolute Gasteiger partial charge is 0.312 e. The second-order valence-electron chi connectivity index (χ2n) is 10.4. The van der Waals surface area contributed by atoms with Crippen molar-refractivity contribution in [1.29, 1.82) is 0 Å². The molecule has 0 aromatic rings. The zero-order valence-corrected chi connectivity index (χ0v) is 21.5. The number of hydrogen-bond acceptors (Lipinski definition) is 6. The first-order valence-corrected chi connectivity index (χ1v) is 13.0. The number of rotatable bonds is 14. The van der Waals surface area contributed by atoms with E-state index in [1.54, 1.807) is 22.0 Å². The lowest BCUT2D eigenvalue weighted by molar-refractivity contribution is -0.160. The summed E-state index contributed by atoms with van der Waals surface area (Å²) in [5.41, 5.74) is -1.93. The van der Waals surface area contributed by atoms with Crippen LogP contribution in [0.4, 0.5) is 0 Å². The second kappa shape index (κ2) is 11.2. The molecular weight excluding hydrogens is 448 g/mol. The lowest BCUT2D eigenvalue weighted by atomic mass is 9.66. The van der Waals surface area contributed by atoms with E-state index in [1.807, 2.05) is 13.8 Å². The fourth-order valence-corrected chi connectivity index (χ4v) is 6.39. The number of esters is 1. The minimum absolute atomic E-state index is 0.0319. The zero-order chi connectivity index (χ0) is 25.8. The molecule has 8 nitrogen and oxygen atoms in total. The minimum Gasteiger partial charge on any atom is -0.465 e. The number of nitrogens with zero attached hydrogens (tertiary/aromatic N) is 2. The van der Waals surface area contributed by atoms with Crippen molar-refractivity contribution >= 4 is 17.8 Å². The summed E-state index contributed by atoms with van der Waals surface area (Å²) in [7, 11) is 0. The highest BCUT2D eigenvalue weighted by Crippen LogP contribution is 2.63. The third-order valence-electron chi connectivity index (χ3n) is 7.97. The molecule has 35 heavy (non-hydrogen) atoms. The number of allylic oxidation sites excluding steroid dienone is 1. The SMILES string of the molecule is C=CCCCOC(=O)[C@@H]1[C@H]2C(=O)N(CCCO)C(C(=O)N(CC=C)C(C)CCC)C23CC[C@@]1(C)O3. The molecule has 3 fully saturated rings. The van der Waals surface area contributed by atoms with Crippen molar-refractivity contribution in [2.75, 3.05) is 26.3 Å². The summed E-state index contributed by atoms with van der Waals surface area (Å²) >= 11 is 0. The molecule has 0 aliphatic carbocycles. The predicted molar refractivity (Wildman–Crippen MR) is 132 cm³/mol. The summed E-state index contributed by atoms with van der Waals surface area (Å²) in [5, 5.41) is 9.49. The largest absolute Gasteiger partial charge is 0.465 e. The van der Waals surface area contributed by atoms with Gasteiger partial charge in [0.1, 0.15) is 17.6 Å². The number of amides is 2. The van der Waals surface area contributed by atoms with E-state index in [-0.39, 0.29) is 37.6 Å². The maximum absolute atomic E-state index is 14.1. The van der Waals surface area contributed by atoms with Gasteiger partial charge in [-0.05, 0) is 52.4 Å². The Balaban J connectivity index is 1.98. The van der Waals surface area contributed by atoms with E-state index in [9.17, 15) is 19.5 Å². The van der Waals surface area contributed by atoms with E-state index in [2.05, 4.69) is 20.1 Å². The Kier molecular flexibility index (Phi) is 8.81. The number of unbranched alkanes of at least 4 members (excludes halogenated alkanes) is 1. The zero-order valence-electron chi connectivity index (χ0n) is 21.5. The number of carbonyl (C=O) groups excluding carboxylic acids is 3. The summed E-state index contributed by atoms with van der Waals surface area (Å²) in [4.78, 5) is 44.6. The van der Waals surface area contributed by atoms with E-state index < -0.39 is 35.0 Å². The number of aliphatic hydroxyl groups is 1. The van der Waals surface area contributed by atoms with E-state index >= 15 is 0 Å². The number of carbonyl (C=O) groups is 3. The summed E-state index contributed by atoms with van der Waals surface area (Å²) in [6, 6.07) is -0.873. The first-order valence-electron chi connectivity index (χ1n) is 13.0. The molecule has 0 saturated carbocycles. The summed E-state index contributed by atoms with van der Waals surface area (Å²) < 4.78 is 12.2. The monoisotopic (exact) mass is 490 g/mol. The molecule has 1 spiro atoms. The molecule has 3 aliphatic heterocycles. The third-order valence-corrected chi connectivity index (χ3v) is 7.97. The molecule has 3 rings (SSSR count). The van der Waals surface area contributed by atoms with Gasteiger partial charge >= 0.3 is 5.97 Å². The van der Waals surface area contributed by atoms with E-state index in [4.69, 9.17) is 9.47 Å². The van der Waals surface area contributed by atoms with E-state index in [0.29, 0.717) is 32.2 Å². The molecule has 2 amide bonds. The molecule has 0 radical (unpaired) electrons. The molecule has 0 aromatic carbocycles. The first-order chi connectivity index (χ1) is 16.7. The molecule has 3 saturated heterocycles. The third kappa shape index (κ3) is 4.79. The van der Waals surface area contributed by atoms with Crippen molar-refractivity contribution in [3.63, 3.8) is 0 Å². The van der Waals surface area contributed by atoms with E-state index in [1.165, 1.54) is 0 Å². The van der Waals surface area contributed by atoms with Gasteiger partial charge in [0.2, 0.25) is 11.8 Å². The van der Waals surface area contributed by atoms with Crippen LogP contribution in [0.15, 0.2) is 25.3 Å². The molecule has 196 valence electrons. The molecule has 1 N–H and O–H groups in total. The normalized spacial score (nSPS) is 31.8. The van der Waals surface area contributed by atoms with Crippen molar-refractivity contribution in [1.82, 2.24) is 9.80 Å². The minimum atomic E-state index is -1.07. The van der Waals surface area contributed by atoms with Gasteiger partial charge in [0, 0.05) is 25.7 Å². The van der Waals surface area contributed by atoms with Crippen molar-refractivity contribution < 1.29 is 29.0 Å². The van der Waals surface area contributed by atoms with Crippen molar-refractivity contribution in [3.8, 4) is 0 Å². The molecule has 8 heteroatoms. The Hall–Kier alpha value is -2.19. The number of aliphatic hydroxyl groups excluding tert-OH is 1. The maximum atomic E-state index is 14.1. The Morgan fingerprint density at radius 2 is 2.06 bits per heavy atom. The quantitative estimate of drug-likeness (QED) is 0.229. The highest BCUT2D eigenvalue weighted by molar-refractivity contribution is 5.98. The summed E-state index contributed by atoms with van der Waals surface area (Å²) in [5.74, 6) is -2.40.